The number of aromatic amines is 1. The molecule has 4 rings (SSSR count). The van der Waals surface area contributed by atoms with Crippen LogP contribution >= 0.6 is 0 Å². The Bertz CT molecular complexity index is 1790. The summed E-state index contributed by atoms with van der Waals surface area (Å²) in [6, 6.07) is 17.2. The number of benzene rings is 2. The molecular weight excluding hydrogens is 502 g/mol. The molecule has 1 amide bonds. The molecule has 4 aromatic rings. The van der Waals surface area contributed by atoms with Gasteiger partial charge in [-0.3, -0.25) is 19.1 Å². The Balaban J connectivity index is 1.58. The second-order valence-electron chi connectivity index (χ2n) is 8.36. The fourth-order valence-electron chi connectivity index (χ4n) is 4.11. The standard InChI is InChI=1S/C27H23N7O5/c1-15-24(27(37)34(33(15)2)17-7-5-4-6-8-17)31-22(35)14-39-20-10-9-16(11-21(20)38-3)23-18(12-28)25(30)32-26(36)19(23)13-29/h4-11H,14H2,1-3H3,(H,31,35)(H3,30,32,36). The third kappa shape index (κ3) is 4.82. The molecule has 0 atom stereocenters. The maximum Gasteiger partial charge on any atom is 0.295 e. The summed E-state index contributed by atoms with van der Waals surface area (Å²) in [6.07, 6.45) is 0. The Hall–Kier alpha value is -5.75. The van der Waals surface area contributed by atoms with Gasteiger partial charge in [0.05, 0.1) is 18.5 Å². The van der Waals surface area contributed by atoms with E-state index in [1.54, 1.807) is 36.9 Å². The number of aromatic nitrogens is 3. The molecule has 0 fully saturated rings. The van der Waals surface area contributed by atoms with E-state index in [0.717, 1.165) is 0 Å². The van der Waals surface area contributed by atoms with E-state index >= 15 is 0 Å². The summed E-state index contributed by atoms with van der Waals surface area (Å²) in [4.78, 5) is 40.3. The first-order valence-electron chi connectivity index (χ1n) is 11.5. The molecule has 39 heavy (non-hydrogen) atoms. The lowest BCUT2D eigenvalue weighted by Crippen LogP contribution is -2.25. The molecule has 4 N–H and O–H groups in total. The third-order valence-corrected chi connectivity index (χ3v) is 6.10. The highest BCUT2D eigenvalue weighted by Gasteiger charge is 2.21. The first kappa shape index (κ1) is 26.3. The summed E-state index contributed by atoms with van der Waals surface area (Å²) < 4.78 is 14.1. The molecule has 2 aromatic heterocycles. The number of anilines is 2. The molecule has 0 bridgehead atoms. The lowest BCUT2D eigenvalue weighted by molar-refractivity contribution is -0.118. The number of nitrogen functional groups attached to an aromatic ring is 1. The minimum absolute atomic E-state index is 0.0538. The van der Waals surface area contributed by atoms with Crippen molar-refractivity contribution in [3.05, 3.63) is 86.1 Å². The van der Waals surface area contributed by atoms with Gasteiger partial charge in [-0.1, -0.05) is 24.3 Å². The zero-order valence-electron chi connectivity index (χ0n) is 21.2. The quantitative estimate of drug-likeness (QED) is 0.328. The number of ether oxygens (including phenoxy) is 2. The predicted molar refractivity (Wildman–Crippen MR) is 143 cm³/mol. The molecule has 0 unspecified atom stereocenters. The van der Waals surface area contributed by atoms with Crippen molar-refractivity contribution >= 4 is 17.4 Å². The average Bonchev–Trinajstić information content (AvgIpc) is 3.14. The largest absolute Gasteiger partial charge is 0.493 e. The zero-order chi connectivity index (χ0) is 28.3. The van der Waals surface area contributed by atoms with Gasteiger partial charge in [-0.25, -0.2) is 4.68 Å². The van der Waals surface area contributed by atoms with Crippen LogP contribution < -0.4 is 31.6 Å². The Morgan fingerprint density at radius 2 is 1.77 bits per heavy atom. The van der Waals surface area contributed by atoms with E-state index in [1.165, 1.54) is 30.0 Å². The zero-order valence-corrected chi connectivity index (χ0v) is 21.2. The van der Waals surface area contributed by atoms with Gasteiger partial charge in [0.15, 0.2) is 18.1 Å². The number of para-hydroxylation sites is 1. The van der Waals surface area contributed by atoms with Gasteiger partial charge in [0.2, 0.25) is 0 Å². The van der Waals surface area contributed by atoms with Crippen LogP contribution in [-0.2, 0) is 11.8 Å². The van der Waals surface area contributed by atoms with Crippen LogP contribution in [0.5, 0.6) is 11.5 Å². The van der Waals surface area contributed by atoms with Crippen molar-refractivity contribution in [3.63, 3.8) is 0 Å². The van der Waals surface area contributed by atoms with Crippen molar-refractivity contribution in [1.29, 1.82) is 10.5 Å². The van der Waals surface area contributed by atoms with Gasteiger partial charge in [-0.15, -0.1) is 0 Å². The highest BCUT2D eigenvalue weighted by molar-refractivity contribution is 5.92. The number of carbonyl (C=O) groups excluding carboxylic acids is 1. The number of nitriles is 2. The second kappa shape index (κ2) is 10.7. The lowest BCUT2D eigenvalue weighted by Gasteiger charge is -2.14. The minimum atomic E-state index is -0.734. The molecule has 0 saturated heterocycles. The number of pyridine rings is 1. The highest BCUT2D eigenvalue weighted by Crippen LogP contribution is 2.35. The first-order valence-corrected chi connectivity index (χ1v) is 11.5. The number of nitrogens with two attached hydrogens (primary N) is 1. The van der Waals surface area contributed by atoms with Gasteiger partial charge >= 0.3 is 0 Å². The third-order valence-electron chi connectivity index (χ3n) is 6.10. The monoisotopic (exact) mass is 525 g/mol. The molecule has 0 aliphatic carbocycles. The summed E-state index contributed by atoms with van der Waals surface area (Å²) in [5.41, 5.74) is 6.01. The maximum absolute atomic E-state index is 13.0. The van der Waals surface area contributed by atoms with Crippen LogP contribution in [0, 0.1) is 29.6 Å². The maximum atomic E-state index is 13.0. The van der Waals surface area contributed by atoms with Crippen molar-refractivity contribution in [2.24, 2.45) is 7.05 Å². The first-order chi connectivity index (χ1) is 18.7. The summed E-state index contributed by atoms with van der Waals surface area (Å²) in [5, 5.41) is 21.7. The van der Waals surface area contributed by atoms with Crippen molar-refractivity contribution in [1.82, 2.24) is 14.3 Å². The molecule has 0 spiro atoms. The summed E-state index contributed by atoms with van der Waals surface area (Å²) in [6.45, 7) is 1.27. The van der Waals surface area contributed by atoms with Crippen molar-refractivity contribution < 1.29 is 14.3 Å². The van der Waals surface area contributed by atoms with Crippen LogP contribution in [0.3, 0.4) is 0 Å². The fraction of sp³-hybridized carbons (Fsp3) is 0.148. The molecule has 2 aromatic carbocycles. The number of hydrogen-bond acceptors (Lipinski definition) is 8. The predicted octanol–water partition coefficient (Wildman–Crippen LogP) is 2.19. The number of methoxy groups -OCH3 is 1. The molecule has 0 aliphatic rings. The lowest BCUT2D eigenvalue weighted by atomic mass is 9.96. The van der Waals surface area contributed by atoms with Gasteiger partial charge in [0, 0.05) is 12.6 Å². The van der Waals surface area contributed by atoms with Crippen LogP contribution in [-0.4, -0.2) is 34.0 Å². The molecular formula is C27H23N7O5. The summed E-state index contributed by atoms with van der Waals surface area (Å²) >= 11 is 0. The molecule has 2 heterocycles. The van der Waals surface area contributed by atoms with Crippen LogP contribution in [0.1, 0.15) is 16.8 Å². The molecule has 0 radical (unpaired) electrons. The topological polar surface area (TPSA) is 181 Å². The molecule has 12 heteroatoms. The number of hydrogen-bond donors (Lipinski definition) is 3. The SMILES string of the molecule is COc1cc(-c2c(C#N)c(N)[nH]c(=O)c2C#N)ccc1OCC(=O)Nc1c(C)n(C)n(-c2ccccc2)c1=O. The van der Waals surface area contributed by atoms with E-state index < -0.39 is 23.6 Å². The number of H-pyrrole nitrogens is 1. The van der Waals surface area contributed by atoms with E-state index in [2.05, 4.69) is 10.3 Å². The van der Waals surface area contributed by atoms with Crippen molar-refractivity contribution in [2.45, 2.75) is 6.92 Å². The van der Waals surface area contributed by atoms with Gasteiger partial charge < -0.3 is 25.5 Å². The number of nitrogens with one attached hydrogen (secondary N) is 2. The smallest absolute Gasteiger partial charge is 0.295 e. The number of rotatable bonds is 7. The van der Waals surface area contributed by atoms with Gasteiger partial charge in [-0.2, -0.15) is 10.5 Å². The Labute approximate surface area is 222 Å². The number of amides is 1. The fourth-order valence-corrected chi connectivity index (χ4v) is 4.11. The Kier molecular flexibility index (Phi) is 7.22. The molecule has 0 aliphatic heterocycles. The van der Waals surface area contributed by atoms with Crippen molar-refractivity contribution in [2.75, 3.05) is 24.8 Å². The van der Waals surface area contributed by atoms with Crippen LogP contribution in [0.25, 0.3) is 16.8 Å². The van der Waals surface area contributed by atoms with Gasteiger partial charge in [0.25, 0.3) is 17.0 Å². The molecule has 0 saturated carbocycles. The van der Waals surface area contributed by atoms with E-state index in [9.17, 15) is 24.9 Å². The van der Waals surface area contributed by atoms with E-state index in [-0.39, 0.29) is 39.7 Å². The van der Waals surface area contributed by atoms with E-state index in [0.29, 0.717) is 16.9 Å². The number of carbonyl (C=O) groups is 1. The van der Waals surface area contributed by atoms with Crippen LogP contribution in [0.2, 0.25) is 0 Å². The van der Waals surface area contributed by atoms with Crippen LogP contribution in [0.4, 0.5) is 11.5 Å². The summed E-state index contributed by atoms with van der Waals surface area (Å²) in [7, 11) is 3.08. The average molecular weight is 526 g/mol. The minimum Gasteiger partial charge on any atom is -0.493 e. The van der Waals surface area contributed by atoms with E-state index in [1.807, 2.05) is 24.3 Å². The van der Waals surface area contributed by atoms with Crippen molar-refractivity contribution in [3.8, 4) is 40.5 Å². The number of nitrogens with zero attached hydrogens (tertiary/aromatic N) is 4. The Morgan fingerprint density at radius 3 is 2.41 bits per heavy atom. The molecule has 12 nitrogen and oxygen atoms in total. The van der Waals surface area contributed by atoms with Gasteiger partial charge in [-0.05, 0) is 36.8 Å². The highest BCUT2D eigenvalue weighted by atomic mass is 16.5. The van der Waals surface area contributed by atoms with E-state index in [4.69, 9.17) is 15.2 Å². The van der Waals surface area contributed by atoms with Crippen LogP contribution in [0.15, 0.2) is 58.1 Å². The normalized spacial score (nSPS) is 10.4. The summed E-state index contributed by atoms with van der Waals surface area (Å²) in [5.74, 6) is -0.394. The Morgan fingerprint density at radius 1 is 1.08 bits per heavy atom. The second-order valence-corrected chi connectivity index (χ2v) is 8.36. The molecule has 196 valence electrons. The van der Waals surface area contributed by atoms with Gasteiger partial charge in [0.1, 0.15) is 34.8 Å².